The van der Waals surface area contributed by atoms with Crippen molar-refractivity contribution in [3.05, 3.63) is 29.6 Å². The van der Waals surface area contributed by atoms with Gasteiger partial charge in [0.25, 0.3) is 0 Å². The first-order chi connectivity index (χ1) is 8.04. The molecule has 3 nitrogen and oxygen atoms in total. The number of hydrogen-bond acceptors (Lipinski definition) is 3. The van der Waals surface area contributed by atoms with E-state index in [1.54, 1.807) is 6.07 Å². The summed E-state index contributed by atoms with van der Waals surface area (Å²) in [4.78, 5) is 2.23. The van der Waals surface area contributed by atoms with Crippen LogP contribution in [-0.2, 0) is 6.54 Å². The minimum Gasteiger partial charge on any atom is -0.399 e. The van der Waals surface area contributed by atoms with Crippen LogP contribution >= 0.6 is 0 Å². The predicted molar refractivity (Wildman–Crippen MR) is 65.9 cm³/mol. The van der Waals surface area contributed by atoms with Crippen LogP contribution in [0.3, 0.4) is 0 Å². The normalized spacial score (nSPS) is 22.9. The first-order valence-electron chi connectivity index (χ1n) is 6.00. The van der Waals surface area contributed by atoms with Gasteiger partial charge in [-0.3, -0.25) is 4.90 Å². The number of nitrogens with zero attached hydrogens (tertiary/aromatic N) is 1. The number of nitrogens with two attached hydrogens (primary N) is 1. The number of hydrogen-bond donors (Lipinski definition) is 2. The summed E-state index contributed by atoms with van der Waals surface area (Å²) in [5.41, 5.74) is 6.97. The highest BCUT2D eigenvalue weighted by Crippen LogP contribution is 2.22. The molecule has 0 amide bonds. The third kappa shape index (κ3) is 3.17. The highest BCUT2D eigenvalue weighted by atomic mass is 19.1. The van der Waals surface area contributed by atoms with Crippen molar-refractivity contribution in [3.63, 3.8) is 0 Å². The molecule has 1 fully saturated rings. The number of nitrogen functional groups attached to an aromatic ring is 1. The van der Waals surface area contributed by atoms with E-state index in [-0.39, 0.29) is 11.9 Å². The van der Waals surface area contributed by atoms with Crippen LogP contribution in [-0.4, -0.2) is 29.2 Å². The molecule has 4 heteroatoms. The first kappa shape index (κ1) is 12.3. The second-order valence-corrected chi connectivity index (χ2v) is 4.92. The lowest BCUT2D eigenvalue weighted by Crippen LogP contribution is -2.24. The first-order valence-corrected chi connectivity index (χ1v) is 6.00. The molecule has 0 spiro atoms. The Morgan fingerprint density at radius 1 is 1.53 bits per heavy atom. The molecular formula is C13H19FN2O. The van der Waals surface area contributed by atoms with Crippen LogP contribution in [0, 0.1) is 11.7 Å². The Bertz CT molecular complexity index is 375. The van der Waals surface area contributed by atoms with E-state index in [0.29, 0.717) is 18.2 Å². The molecule has 2 rings (SSSR count). The van der Waals surface area contributed by atoms with Crippen molar-refractivity contribution in [1.29, 1.82) is 0 Å². The molecule has 2 unspecified atom stereocenters. The molecule has 0 bridgehead atoms. The Hall–Kier alpha value is -1.13. The van der Waals surface area contributed by atoms with Gasteiger partial charge in [-0.2, -0.15) is 0 Å². The summed E-state index contributed by atoms with van der Waals surface area (Å²) in [6.07, 6.45) is 0.736. The second-order valence-electron chi connectivity index (χ2n) is 4.92. The van der Waals surface area contributed by atoms with Crippen LogP contribution in [0.4, 0.5) is 10.1 Å². The van der Waals surface area contributed by atoms with Gasteiger partial charge >= 0.3 is 0 Å². The molecule has 17 heavy (non-hydrogen) atoms. The van der Waals surface area contributed by atoms with E-state index in [4.69, 9.17) is 5.73 Å². The molecule has 1 aromatic rings. The van der Waals surface area contributed by atoms with Crippen molar-refractivity contribution in [1.82, 2.24) is 4.90 Å². The Kier molecular flexibility index (Phi) is 3.64. The van der Waals surface area contributed by atoms with E-state index >= 15 is 0 Å². The lowest BCUT2D eigenvalue weighted by molar-refractivity contribution is 0.127. The number of anilines is 1. The molecule has 1 saturated heterocycles. The Labute approximate surface area is 101 Å². The summed E-state index contributed by atoms with van der Waals surface area (Å²) in [7, 11) is 0. The van der Waals surface area contributed by atoms with E-state index in [9.17, 15) is 9.50 Å². The van der Waals surface area contributed by atoms with Gasteiger partial charge in [-0.1, -0.05) is 0 Å². The SMILES string of the molecule is CC(O)C1CCN(Cc2cc(N)cc(F)c2)C1. The maximum atomic E-state index is 13.2. The maximum absolute atomic E-state index is 13.2. The van der Waals surface area contributed by atoms with Gasteiger partial charge in [0.15, 0.2) is 0 Å². The monoisotopic (exact) mass is 238 g/mol. The van der Waals surface area contributed by atoms with Crippen LogP contribution < -0.4 is 5.73 Å². The minimum absolute atomic E-state index is 0.266. The van der Waals surface area contributed by atoms with Crippen molar-refractivity contribution in [2.45, 2.75) is 26.0 Å². The average Bonchev–Trinajstić information content (AvgIpc) is 2.64. The maximum Gasteiger partial charge on any atom is 0.125 e. The van der Waals surface area contributed by atoms with Gasteiger partial charge in [0.2, 0.25) is 0 Å². The Balaban J connectivity index is 1.98. The molecule has 1 aliphatic heterocycles. The predicted octanol–water partition coefficient (Wildman–Crippen LogP) is 1.61. The zero-order chi connectivity index (χ0) is 12.4. The molecule has 0 radical (unpaired) electrons. The lowest BCUT2D eigenvalue weighted by Gasteiger charge is -2.17. The van der Waals surface area contributed by atoms with Crippen LogP contribution in [0.5, 0.6) is 0 Å². The van der Waals surface area contributed by atoms with E-state index in [1.165, 1.54) is 12.1 Å². The average molecular weight is 238 g/mol. The van der Waals surface area contributed by atoms with Crippen LogP contribution in [0.15, 0.2) is 18.2 Å². The molecule has 2 atom stereocenters. The highest BCUT2D eigenvalue weighted by Gasteiger charge is 2.25. The van der Waals surface area contributed by atoms with E-state index in [0.717, 1.165) is 25.1 Å². The van der Waals surface area contributed by atoms with E-state index < -0.39 is 0 Å². The Morgan fingerprint density at radius 2 is 2.29 bits per heavy atom. The highest BCUT2D eigenvalue weighted by molar-refractivity contribution is 5.41. The summed E-state index contributed by atoms with van der Waals surface area (Å²) in [6.45, 7) is 4.35. The summed E-state index contributed by atoms with van der Waals surface area (Å²) >= 11 is 0. The van der Waals surface area contributed by atoms with Crippen LogP contribution in [0.25, 0.3) is 0 Å². The van der Waals surface area contributed by atoms with Gasteiger partial charge in [-0.05, 0) is 49.6 Å². The summed E-state index contributed by atoms with van der Waals surface area (Å²) in [5.74, 6) is 0.0483. The largest absolute Gasteiger partial charge is 0.399 e. The van der Waals surface area contributed by atoms with Gasteiger partial charge in [-0.25, -0.2) is 4.39 Å². The van der Waals surface area contributed by atoms with Crippen LogP contribution in [0.2, 0.25) is 0 Å². The smallest absolute Gasteiger partial charge is 0.125 e. The topological polar surface area (TPSA) is 49.5 Å². The van der Waals surface area contributed by atoms with Crippen molar-refractivity contribution in [2.24, 2.45) is 5.92 Å². The van der Waals surface area contributed by atoms with Gasteiger partial charge in [0.05, 0.1) is 6.10 Å². The summed E-state index contributed by atoms with van der Waals surface area (Å²) in [5, 5.41) is 9.52. The molecule has 0 saturated carbocycles. The van der Waals surface area contributed by atoms with Gasteiger partial charge < -0.3 is 10.8 Å². The third-order valence-corrected chi connectivity index (χ3v) is 3.38. The van der Waals surface area contributed by atoms with Crippen molar-refractivity contribution >= 4 is 5.69 Å². The molecule has 1 aromatic carbocycles. The molecule has 3 N–H and O–H groups in total. The molecule has 1 heterocycles. The Morgan fingerprint density at radius 3 is 2.88 bits per heavy atom. The second kappa shape index (κ2) is 5.02. The zero-order valence-electron chi connectivity index (χ0n) is 10.1. The number of aliphatic hydroxyl groups excluding tert-OH is 1. The molecule has 94 valence electrons. The number of benzene rings is 1. The lowest BCUT2D eigenvalue weighted by atomic mass is 10.0. The molecule has 1 aliphatic rings. The zero-order valence-corrected chi connectivity index (χ0v) is 10.1. The fourth-order valence-electron chi connectivity index (χ4n) is 2.42. The van der Waals surface area contributed by atoms with Gasteiger partial charge in [0, 0.05) is 18.8 Å². The minimum atomic E-state index is -0.286. The molecule has 0 aliphatic carbocycles. The number of rotatable bonds is 3. The molecule has 0 aromatic heterocycles. The number of aliphatic hydroxyl groups is 1. The van der Waals surface area contributed by atoms with E-state index in [1.807, 2.05) is 6.92 Å². The quantitative estimate of drug-likeness (QED) is 0.787. The number of halogens is 1. The van der Waals surface area contributed by atoms with Crippen molar-refractivity contribution in [3.8, 4) is 0 Å². The third-order valence-electron chi connectivity index (χ3n) is 3.38. The molecular weight excluding hydrogens is 219 g/mol. The van der Waals surface area contributed by atoms with Crippen molar-refractivity contribution in [2.75, 3.05) is 18.8 Å². The van der Waals surface area contributed by atoms with Crippen molar-refractivity contribution < 1.29 is 9.50 Å². The fourth-order valence-corrected chi connectivity index (χ4v) is 2.42. The van der Waals surface area contributed by atoms with Gasteiger partial charge in [0.1, 0.15) is 5.82 Å². The summed E-state index contributed by atoms with van der Waals surface area (Å²) < 4.78 is 13.2. The summed E-state index contributed by atoms with van der Waals surface area (Å²) in [6, 6.07) is 4.65. The van der Waals surface area contributed by atoms with Crippen LogP contribution in [0.1, 0.15) is 18.9 Å². The number of likely N-dealkylation sites (tertiary alicyclic amines) is 1. The standard InChI is InChI=1S/C13H19FN2O/c1-9(17)11-2-3-16(8-11)7-10-4-12(14)6-13(15)5-10/h4-6,9,11,17H,2-3,7-8,15H2,1H3. The van der Waals surface area contributed by atoms with E-state index in [2.05, 4.69) is 4.90 Å². The fraction of sp³-hybridized carbons (Fsp3) is 0.538. The van der Waals surface area contributed by atoms with Gasteiger partial charge in [-0.15, -0.1) is 0 Å².